The number of carbonyl (C=O) groups is 1. The van der Waals surface area contributed by atoms with Crippen molar-refractivity contribution in [2.45, 2.75) is 4.90 Å². The lowest BCUT2D eigenvalue weighted by Gasteiger charge is -2.37. The molecule has 39 heavy (non-hydrogen) atoms. The summed E-state index contributed by atoms with van der Waals surface area (Å²) in [6, 6.07) is 30.4. The molecule has 0 radical (unpaired) electrons. The number of aromatic nitrogens is 1. The molecule has 0 saturated carbocycles. The fourth-order valence-electron chi connectivity index (χ4n) is 4.75. The van der Waals surface area contributed by atoms with E-state index in [0.717, 1.165) is 22.0 Å². The summed E-state index contributed by atoms with van der Waals surface area (Å²) in [5, 5.41) is 2.24. The van der Waals surface area contributed by atoms with Crippen molar-refractivity contribution in [1.29, 1.82) is 0 Å². The smallest absolute Gasteiger partial charge is 0.264 e. The maximum absolute atomic E-state index is 13.8. The van der Waals surface area contributed by atoms with Crippen LogP contribution in [-0.2, 0) is 10.0 Å². The second-order valence-electron chi connectivity index (χ2n) is 8.97. The molecule has 5 aromatic rings. The van der Waals surface area contributed by atoms with E-state index in [1.807, 2.05) is 30.3 Å². The van der Waals surface area contributed by atoms with Crippen molar-refractivity contribution in [3.8, 4) is 11.3 Å². The van der Waals surface area contributed by atoms with Crippen molar-refractivity contribution < 1.29 is 13.2 Å². The van der Waals surface area contributed by atoms with Crippen LogP contribution >= 0.6 is 24.0 Å². The number of halogens is 2. The van der Waals surface area contributed by atoms with Gasteiger partial charge in [-0.05, 0) is 71.4 Å². The Morgan fingerprint density at radius 3 is 2.21 bits per heavy atom. The molecule has 0 spiro atoms. The van der Waals surface area contributed by atoms with Gasteiger partial charge >= 0.3 is 0 Å². The molecule has 0 bridgehead atoms. The number of pyridine rings is 1. The van der Waals surface area contributed by atoms with Crippen molar-refractivity contribution in [2.24, 2.45) is 0 Å². The molecular formula is C30H23Cl2N3O3S. The third kappa shape index (κ3) is 4.96. The average Bonchev–Trinajstić information content (AvgIpc) is 2.96. The van der Waals surface area contributed by atoms with Gasteiger partial charge in [0.2, 0.25) is 0 Å². The highest BCUT2D eigenvalue weighted by atomic mass is 35.5. The Morgan fingerprint density at radius 2 is 1.46 bits per heavy atom. The van der Waals surface area contributed by atoms with Crippen molar-refractivity contribution in [1.82, 2.24) is 4.98 Å². The quantitative estimate of drug-likeness (QED) is 0.235. The maximum atomic E-state index is 13.8. The highest BCUT2D eigenvalue weighted by molar-refractivity contribution is 7.92. The van der Waals surface area contributed by atoms with E-state index in [0.29, 0.717) is 22.0 Å². The normalized spacial score (nSPS) is 13.1. The first-order valence-corrected chi connectivity index (χ1v) is 13.9. The number of amides is 1. The third-order valence-corrected chi connectivity index (χ3v) is 8.71. The fourth-order valence-corrected chi connectivity index (χ4v) is 6.44. The average molecular weight is 577 g/mol. The Hall–Kier alpha value is -3.91. The number of hydrogen-bond acceptors (Lipinski definition) is 4. The number of nitrogens with zero attached hydrogens (tertiary/aromatic N) is 3. The number of carbonyl (C=O) groups excluding carboxylic acids is 1. The monoisotopic (exact) mass is 575 g/mol. The molecule has 1 amide bonds. The number of fused-ring (bicyclic) bond motifs is 2. The first-order valence-electron chi connectivity index (χ1n) is 12.1. The molecule has 2 heterocycles. The van der Waals surface area contributed by atoms with Crippen LogP contribution in [0.5, 0.6) is 0 Å². The molecule has 1 aromatic heterocycles. The van der Waals surface area contributed by atoms with Gasteiger partial charge in [-0.25, -0.2) is 8.42 Å². The number of hydrogen-bond donors (Lipinski definition) is 0. The zero-order chi connectivity index (χ0) is 26.3. The van der Waals surface area contributed by atoms with Gasteiger partial charge in [0.05, 0.1) is 28.5 Å². The van der Waals surface area contributed by atoms with Crippen molar-refractivity contribution in [3.63, 3.8) is 0 Å². The summed E-state index contributed by atoms with van der Waals surface area (Å²) in [5.74, 6) is -0.190. The van der Waals surface area contributed by atoms with Crippen LogP contribution in [0.1, 0.15) is 10.4 Å². The minimum atomic E-state index is -3.87. The van der Waals surface area contributed by atoms with Gasteiger partial charge in [-0.1, -0.05) is 54.1 Å². The predicted octanol–water partition coefficient (Wildman–Crippen LogP) is 6.83. The molecule has 6 rings (SSSR count). The molecule has 1 aliphatic heterocycles. The van der Waals surface area contributed by atoms with Crippen LogP contribution < -0.4 is 9.21 Å². The summed E-state index contributed by atoms with van der Waals surface area (Å²) in [6.07, 6.45) is 1.73. The van der Waals surface area contributed by atoms with Gasteiger partial charge in [-0.3, -0.25) is 14.1 Å². The van der Waals surface area contributed by atoms with Crippen molar-refractivity contribution in [2.75, 3.05) is 22.3 Å². The first kappa shape index (κ1) is 26.7. The summed E-state index contributed by atoms with van der Waals surface area (Å²) in [7, 11) is -3.87. The lowest BCUT2D eigenvalue weighted by Crippen LogP contribution is -2.46. The summed E-state index contributed by atoms with van der Waals surface area (Å²) in [4.78, 5) is 19.7. The lowest BCUT2D eigenvalue weighted by atomic mass is 10.1. The largest absolute Gasteiger partial charge is 0.304 e. The molecule has 1 aliphatic rings. The van der Waals surface area contributed by atoms with Crippen molar-refractivity contribution in [3.05, 3.63) is 120 Å². The van der Waals surface area contributed by atoms with Gasteiger partial charge in [0.15, 0.2) is 0 Å². The Bertz CT molecular complexity index is 1780. The van der Waals surface area contributed by atoms with Gasteiger partial charge in [-0.15, -0.1) is 12.4 Å². The SMILES string of the molecule is Cl.O=C(c1ccc(-c2ccccn2)cc1)N1CCN(S(=O)(=O)c2ccc3cc(Cl)ccc3c2)c2ccccc21. The number of sulfonamides is 1. The fraction of sp³-hybridized carbons (Fsp3) is 0.0667. The van der Waals surface area contributed by atoms with E-state index >= 15 is 0 Å². The molecule has 0 fully saturated rings. The lowest BCUT2D eigenvalue weighted by molar-refractivity contribution is 0.0987. The van der Waals surface area contributed by atoms with Crippen molar-refractivity contribution >= 4 is 62.1 Å². The maximum Gasteiger partial charge on any atom is 0.264 e. The minimum absolute atomic E-state index is 0. The zero-order valence-electron chi connectivity index (χ0n) is 20.6. The van der Waals surface area contributed by atoms with Crippen LogP contribution in [0.4, 0.5) is 11.4 Å². The molecule has 0 N–H and O–H groups in total. The summed E-state index contributed by atoms with van der Waals surface area (Å²) < 4.78 is 28.9. The summed E-state index contributed by atoms with van der Waals surface area (Å²) in [6.45, 7) is 0.357. The number of benzene rings is 4. The van der Waals surface area contributed by atoms with E-state index in [1.54, 1.807) is 83.9 Å². The molecule has 0 atom stereocenters. The van der Waals surface area contributed by atoms with E-state index in [2.05, 4.69) is 4.98 Å². The molecule has 9 heteroatoms. The molecule has 4 aromatic carbocycles. The molecule has 0 aliphatic carbocycles. The van der Waals surface area contributed by atoms with E-state index in [9.17, 15) is 13.2 Å². The second-order valence-corrected chi connectivity index (χ2v) is 11.3. The van der Waals surface area contributed by atoms with Crippen LogP contribution in [0.25, 0.3) is 22.0 Å². The molecule has 0 unspecified atom stereocenters. The molecular weight excluding hydrogens is 553 g/mol. The molecule has 0 saturated heterocycles. The van der Waals surface area contributed by atoms with Gasteiger partial charge in [-0.2, -0.15) is 0 Å². The first-order chi connectivity index (χ1) is 18.4. The molecule has 196 valence electrons. The van der Waals surface area contributed by atoms with Crippen LogP contribution in [0, 0.1) is 0 Å². The van der Waals surface area contributed by atoms with E-state index in [1.165, 1.54) is 4.31 Å². The summed E-state index contributed by atoms with van der Waals surface area (Å²) in [5.41, 5.74) is 3.27. The van der Waals surface area contributed by atoms with Crippen LogP contribution in [0.3, 0.4) is 0 Å². The van der Waals surface area contributed by atoms with Crippen LogP contribution in [-0.4, -0.2) is 32.4 Å². The van der Waals surface area contributed by atoms with Gasteiger partial charge in [0.25, 0.3) is 15.9 Å². The van der Waals surface area contributed by atoms with E-state index in [4.69, 9.17) is 11.6 Å². The molecule has 6 nitrogen and oxygen atoms in total. The summed E-state index contributed by atoms with van der Waals surface area (Å²) >= 11 is 6.08. The zero-order valence-corrected chi connectivity index (χ0v) is 23.0. The van der Waals surface area contributed by atoms with E-state index < -0.39 is 10.0 Å². The third-order valence-electron chi connectivity index (χ3n) is 6.67. The number of para-hydroxylation sites is 2. The highest BCUT2D eigenvalue weighted by Gasteiger charge is 2.34. The Kier molecular flexibility index (Phi) is 7.32. The number of anilines is 2. The Balaban J connectivity index is 0.00000308. The van der Waals surface area contributed by atoms with Gasteiger partial charge in [0, 0.05) is 28.9 Å². The van der Waals surface area contributed by atoms with Gasteiger partial charge in [0.1, 0.15) is 0 Å². The number of rotatable bonds is 4. The Morgan fingerprint density at radius 1 is 0.769 bits per heavy atom. The topological polar surface area (TPSA) is 70.6 Å². The predicted molar refractivity (Wildman–Crippen MR) is 159 cm³/mol. The standard InChI is InChI=1S/C30H22ClN3O3S.ClH/c31-25-14-12-24-20-26(15-13-23(24)19-25)38(36,37)34-18-17-33(28-6-1-2-7-29(28)34)30(35)22-10-8-21(9-11-22)27-5-3-4-16-32-27;/h1-16,19-20H,17-18H2;1H. The minimum Gasteiger partial charge on any atom is -0.304 e. The van der Waals surface area contributed by atoms with Crippen LogP contribution in [0.15, 0.2) is 114 Å². The Labute approximate surface area is 237 Å². The van der Waals surface area contributed by atoms with Crippen LogP contribution in [0.2, 0.25) is 5.02 Å². The van der Waals surface area contributed by atoms with Gasteiger partial charge < -0.3 is 4.90 Å². The highest BCUT2D eigenvalue weighted by Crippen LogP contribution is 2.37. The van der Waals surface area contributed by atoms with E-state index in [-0.39, 0.29) is 36.3 Å². The second kappa shape index (κ2) is 10.7.